The molecule has 0 saturated heterocycles. The summed E-state index contributed by atoms with van der Waals surface area (Å²) >= 11 is 7.81. The largest absolute Gasteiger partial charge is 0.383 e. The number of halogens is 2. The maximum absolute atomic E-state index is 12.3. The zero-order chi connectivity index (χ0) is 21.7. The number of nitrogens with zero attached hydrogens (tertiary/aromatic N) is 3. The molecule has 0 unspecified atom stereocenters. The van der Waals surface area contributed by atoms with Crippen LogP contribution < -0.4 is 11.1 Å². The molecule has 148 valence electrons. The van der Waals surface area contributed by atoms with Gasteiger partial charge in [0, 0.05) is 20.2 Å². The fraction of sp³-hybridized carbons (Fsp3) is 0.0476. The number of rotatable bonds is 5. The van der Waals surface area contributed by atoms with Gasteiger partial charge in [0.05, 0.1) is 11.3 Å². The Bertz CT molecular complexity index is 1180. The minimum atomic E-state index is -0.249. The van der Waals surface area contributed by atoms with Crippen LogP contribution in [0.4, 0.5) is 11.5 Å². The second kappa shape index (κ2) is 9.77. The van der Waals surface area contributed by atoms with Crippen molar-refractivity contribution in [1.82, 2.24) is 4.98 Å². The Morgan fingerprint density at radius 1 is 1.00 bits per heavy atom. The average Bonchev–Trinajstić information content (AvgIpc) is 2.74. The average molecular weight is 543 g/mol. The van der Waals surface area contributed by atoms with Gasteiger partial charge in [0.2, 0.25) is 5.91 Å². The summed E-state index contributed by atoms with van der Waals surface area (Å²) in [6.45, 7) is 0. The van der Waals surface area contributed by atoms with Crippen LogP contribution in [0.1, 0.15) is 11.1 Å². The molecule has 3 rings (SSSR count). The van der Waals surface area contributed by atoms with Gasteiger partial charge in [0.15, 0.2) is 0 Å². The molecule has 2 aromatic carbocycles. The van der Waals surface area contributed by atoms with Crippen LogP contribution in [0.2, 0.25) is 0 Å². The van der Waals surface area contributed by atoms with Crippen LogP contribution in [0, 0.1) is 22.7 Å². The molecule has 1 aromatic heterocycles. The van der Waals surface area contributed by atoms with E-state index in [1.165, 1.54) is 0 Å². The Balaban J connectivity index is 1.90. The molecule has 3 aromatic rings. The maximum atomic E-state index is 12.3. The van der Waals surface area contributed by atoms with E-state index in [4.69, 9.17) is 5.73 Å². The number of hydrogen-bond acceptors (Lipinski definition) is 6. The number of hydrogen-bond donors (Lipinski definition) is 2. The van der Waals surface area contributed by atoms with Crippen LogP contribution in [-0.2, 0) is 4.79 Å². The van der Waals surface area contributed by atoms with E-state index in [9.17, 15) is 15.3 Å². The number of nitrogens with one attached hydrogen (secondary N) is 1. The molecule has 0 aliphatic rings. The van der Waals surface area contributed by atoms with Crippen molar-refractivity contribution in [2.45, 2.75) is 5.03 Å². The Morgan fingerprint density at radius 3 is 2.13 bits per heavy atom. The van der Waals surface area contributed by atoms with Gasteiger partial charge in [-0.15, -0.1) is 0 Å². The number of thioether (sulfide) groups is 1. The first kappa shape index (κ1) is 21.8. The lowest BCUT2D eigenvalue weighted by Gasteiger charge is -2.13. The molecule has 0 aliphatic carbocycles. The minimum Gasteiger partial charge on any atom is -0.383 e. The Morgan fingerprint density at radius 2 is 1.57 bits per heavy atom. The van der Waals surface area contributed by atoms with E-state index in [2.05, 4.69) is 48.2 Å². The lowest BCUT2D eigenvalue weighted by atomic mass is 9.97. The number of nitriles is 2. The zero-order valence-corrected chi connectivity index (χ0v) is 19.3. The number of anilines is 2. The number of nitrogen functional groups attached to an aromatic ring is 1. The number of aromatic nitrogens is 1. The fourth-order valence-electron chi connectivity index (χ4n) is 2.67. The molecule has 0 radical (unpaired) electrons. The highest BCUT2D eigenvalue weighted by molar-refractivity contribution is 9.10. The quantitative estimate of drug-likeness (QED) is 0.421. The third kappa shape index (κ3) is 5.00. The van der Waals surface area contributed by atoms with E-state index in [0.29, 0.717) is 21.8 Å². The van der Waals surface area contributed by atoms with Crippen LogP contribution in [0.3, 0.4) is 0 Å². The molecule has 1 amide bonds. The number of amides is 1. The predicted molar refractivity (Wildman–Crippen MR) is 125 cm³/mol. The van der Waals surface area contributed by atoms with Crippen molar-refractivity contribution in [3.8, 4) is 23.3 Å². The first-order valence-electron chi connectivity index (χ1n) is 8.50. The monoisotopic (exact) mass is 541 g/mol. The van der Waals surface area contributed by atoms with Crippen molar-refractivity contribution in [3.05, 3.63) is 68.6 Å². The Kier molecular flexibility index (Phi) is 7.11. The van der Waals surface area contributed by atoms with Crippen molar-refractivity contribution < 1.29 is 4.79 Å². The van der Waals surface area contributed by atoms with Gasteiger partial charge < -0.3 is 11.1 Å². The minimum absolute atomic E-state index is 0.0187. The SMILES string of the molecule is N#Cc1c(N)nc(SCC(=O)Nc2ccc(Br)cc2)c(C#N)c1-c1ccc(Br)cc1. The van der Waals surface area contributed by atoms with Gasteiger partial charge in [0.1, 0.15) is 28.5 Å². The van der Waals surface area contributed by atoms with Gasteiger partial charge in [-0.25, -0.2) is 4.98 Å². The molecule has 1 heterocycles. The summed E-state index contributed by atoms with van der Waals surface area (Å²) in [7, 11) is 0. The van der Waals surface area contributed by atoms with E-state index >= 15 is 0 Å². The summed E-state index contributed by atoms with van der Waals surface area (Å²) in [5, 5.41) is 22.4. The molecule has 0 bridgehead atoms. The van der Waals surface area contributed by atoms with Crippen LogP contribution in [-0.4, -0.2) is 16.6 Å². The summed E-state index contributed by atoms with van der Waals surface area (Å²) in [6.07, 6.45) is 0. The first-order chi connectivity index (χ1) is 14.4. The highest BCUT2D eigenvalue weighted by Gasteiger charge is 2.21. The highest BCUT2D eigenvalue weighted by Crippen LogP contribution is 2.36. The highest BCUT2D eigenvalue weighted by atomic mass is 79.9. The zero-order valence-electron chi connectivity index (χ0n) is 15.3. The van der Waals surface area contributed by atoms with E-state index < -0.39 is 0 Å². The van der Waals surface area contributed by atoms with E-state index in [0.717, 1.165) is 20.7 Å². The van der Waals surface area contributed by atoms with Gasteiger partial charge in [-0.1, -0.05) is 55.8 Å². The van der Waals surface area contributed by atoms with Gasteiger partial charge in [-0.05, 0) is 42.0 Å². The van der Waals surface area contributed by atoms with Crippen molar-refractivity contribution >= 4 is 61.0 Å². The summed E-state index contributed by atoms with van der Waals surface area (Å²) in [4.78, 5) is 16.5. The van der Waals surface area contributed by atoms with E-state index in [1.54, 1.807) is 24.3 Å². The molecule has 6 nitrogen and oxygen atoms in total. The number of pyridine rings is 1. The van der Waals surface area contributed by atoms with Crippen molar-refractivity contribution in [2.75, 3.05) is 16.8 Å². The van der Waals surface area contributed by atoms with E-state index in [1.807, 2.05) is 30.3 Å². The lowest BCUT2D eigenvalue weighted by molar-refractivity contribution is -0.113. The van der Waals surface area contributed by atoms with Gasteiger partial charge in [-0.3, -0.25) is 4.79 Å². The fourth-order valence-corrected chi connectivity index (χ4v) is 4.00. The van der Waals surface area contributed by atoms with Crippen LogP contribution >= 0.6 is 43.6 Å². The Hall–Kier alpha value is -2.85. The summed E-state index contributed by atoms with van der Waals surface area (Å²) in [5.74, 6) is -0.200. The number of carbonyl (C=O) groups excluding carboxylic acids is 1. The van der Waals surface area contributed by atoms with Crippen LogP contribution in [0.25, 0.3) is 11.1 Å². The molecule has 9 heteroatoms. The molecule has 0 atom stereocenters. The molecular weight excluding hydrogens is 530 g/mol. The maximum Gasteiger partial charge on any atom is 0.234 e. The van der Waals surface area contributed by atoms with E-state index in [-0.39, 0.29) is 28.6 Å². The molecule has 0 spiro atoms. The van der Waals surface area contributed by atoms with Crippen molar-refractivity contribution in [1.29, 1.82) is 10.5 Å². The lowest BCUT2D eigenvalue weighted by Crippen LogP contribution is -2.14. The normalized spacial score (nSPS) is 10.1. The second-order valence-corrected chi connectivity index (χ2v) is 8.80. The molecule has 30 heavy (non-hydrogen) atoms. The third-order valence-electron chi connectivity index (χ3n) is 4.02. The van der Waals surface area contributed by atoms with Crippen molar-refractivity contribution in [2.24, 2.45) is 0 Å². The summed E-state index contributed by atoms with van der Waals surface area (Å²) < 4.78 is 1.77. The van der Waals surface area contributed by atoms with Crippen molar-refractivity contribution in [3.63, 3.8) is 0 Å². The predicted octanol–water partition coefficient (Wildman–Crippen LogP) is 5.33. The number of benzene rings is 2. The second-order valence-electron chi connectivity index (χ2n) is 6.00. The van der Waals surface area contributed by atoms with Gasteiger partial charge in [-0.2, -0.15) is 10.5 Å². The molecule has 0 fully saturated rings. The Labute approximate surface area is 194 Å². The number of carbonyl (C=O) groups is 1. The molecular formula is C21H13Br2N5OS. The molecule has 0 aliphatic heterocycles. The number of nitrogens with two attached hydrogens (primary N) is 1. The van der Waals surface area contributed by atoms with Crippen LogP contribution in [0.15, 0.2) is 62.5 Å². The summed E-state index contributed by atoms with van der Waals surface area (Å²) in [6, 6.07) is 18.6. The van der Waals surface area contributed by atoms with Gasteiger partial charge in [0.25, 0.3) is 0 Å². The van der Waals surface area contributed by atoms with Crippen LogP contribution in [0.5, 0.6) is 0 Å². The topological polar surface area (TPSA) is 116 Å². The third-order valence-corrected chi connectivity index (χ3v) is 6.05. The smallest absolute Gasteiger partial charge is 0.234 e. The standard InChI is InChI=1S/C21H13Br2N5OS/c22-13-3-1-12(2-4-13)19-16(9-24)20(26)28-21(17(19)10-25)30-11-18(29)27-15-7-5-14(23)6-8-15/h1-8H,11H2,(H2,26,28)(H,27,29). The first-order valence-corrected chi connectivity index (χ1v) is 11.1. The van der Waals surface area contributed by atoms with Gasteiger partial charge >= 0.3 is 0 Å². The molecule has 3 N–H and O–H groups in total. The summed E-state index contributed by atoms with van der Waals surface area (Å²) in [5.41, 5.74) is 8.09. The molecule has 0 saturated carbocycles.